The predicted octanol–water partition coefficient (Wildman–Crippen LogP) is 3.46. The smallest absolute Gasteiger partial charge is 0.231 e. The highest BCUT2D eigenvalue weighted by atomic mass is 16.5. The summed E-state index contributed by atoms with van der Waals surface area (Å²) in [6.07, 6.45) is 1.35. The zero-order chi connectivity index (χ0) is 21.7. The Balaban J connectivity index is 1.48. The molecule has 2 aromatic rings. The normalized spacial score (nSPS) is 19.5. The Morgan fingerprint density at radius 1 is 0.968 bits per heavy atom. The Kier molecular flexibility index (Phi) is 6.78. The van der Waals surface area contributed by atoms with E-state index >= 15 is 0 Å². The fraction of sp³-hybridized carbons (Fsp3) is 0.480. The van der Waals surface area contributed by atoms with Gasteiger partial charge in [-0.25, -0.2) is 0 Å². The van der Waals surface area contributed by atoms with Crippen LogP contribution in [0.4, 0.5) is 5.69 Å². The number of methoxy groups -OCH3 is 1. The first kappa shape index (κ1) is 21.7. The molecule has 6 nitrogen and oxygen atoms in total. The lowest BCUT2D eigenvalue weighted by Crippen LogP contribution is -2.48. The molecule has 0 aromatic heterocycles. The number of morpholine rings is 1. The molecule has 0 saturated carbocycles. The maximum absolute atomic E-state index is 13.6. The fourth-order valence-electron chi connectivity index (χ4n) is 4.49. The summed E-state index contributed by atoms with van der Waals surface area (Å²) in [6, 6.07) is 16.3. The second-order valence-electron chi connectivity index (χ2n) is 8.31. The van der Waals surface area contributed by atoms with Gasteiger partial charge in [-0.1, -0.05) is 24.3 Å². The van der Waals surface area contributed by atoms with Gasteiger partial charge in [-0.3, -0.25) is 4.79 Å². The number of benzene rings is 2. The number of nitrogens with zero attached hydrogens (tertiary/aromatic N) is 1. The van der Waals surface area contributed by atoms with Gasteiger partial charge in [0.15, 0.2) is 0 Å². The molecule has 0 radical (unpaired) electrons. The number of carbonyl (C=O) groups excluding carboxylic acids is 1. The van der Waals surface area contributed by atoms with Crippen LogP contribution in [0.1, 0.15) is 36.9 Å². The summed E-state index contributed by atoms with van der Waals surface area (Å²) in [6.45, 7) is 6.58. The number of anilines is 1. The van der Waals surface area contributed by atoms with Crippen LogP contribution >= 0.6 is 0 Å². The van der Waals surface area contributed by atoms with E-state index in [0.29, 0.717) is 26.1 Å². The molecule has 1 N–H and O–H groups in total. The zero-order valence-corrected chi connectivity index (χ0v) is 18.4. The van der Waals surface area contributed by atoms with Crippen LogP contribution in [0.25, 0.3) is 0 Å². The van der Waals surface area contributed by atoms with Crippen molar-refractivity contribution >= 4 is 11.6 Å². The highest BCUT2D eigenvalue weighted by Gasteiger charge is 2.42. The number of amides is 1. The number of rotatable bonds is 6. The standard InChI is InChI=1S/C25H32N2O4/c1-19(20-3-7-22(8-4-20)27-13-17-31-18-14-27)26-24(28)25(11-15-30-16-12-25)21-5-9-23(29-2)10-6-21/h3-10,19H,11-18H2,1-2H3,(H,26,28)/t19-/m1/s1. The van der Waals surface area contributed by atoms with Gasteiger partial charge >= 0.3 is 0 Å². The summed E-state index contributed by atoms with van der Waals surface area (Å²) in [5, 5.41) is 3.27. The van der Waals surface area contributed by atoms with Crippen LogP contribution in [0.2, 0.25) is 0 Å². The van der Waals surface area contributed by atoms with Crippen molar-refractivity contribution in [2.24, 2.45) is 0 Å². The summed E-state index contributed by atoms with van der Waals surface area (Å²) in [4.78, 5) is 15.9. The van der Waals surface area contributed by atoms with E-state index in [-0.39, 0.29) is 11.9 Å². The van der Waals surface area contributed by atoms with Crippen LogP contribution < -0.4 is 15.0 Å². The van der Waals surface area contributed by atoms with E-state index in [4.69, 9.17) is 14.2 Å². The average molecular weight is 425 g/mol. The van der Waals surface area contributed by atoms with Crippen molar-refractivity contribution in [2.75, 3.05) is 51.5 Å². The molecule has 4 rings (SSSR count). The predicted molar refractivity (Wildman–Crippen MR) is 121 cm³/mol. The zero-order valence-electron chi connectivity index (χ0n) is 18.4. The van der Waals surface area contributed by atoms with Crippen LogP contribution in [0.15, 0.2) is 48.5 Å². The van der Waals surface area contributed by atoms with Crippen LogP contribution in [0.3, 0.4) is 0 Å². The number of ether oxygens (including phenoxy) is 3. The van der Waals surface area contributed by atoms with Crippen LogP contribution in [0.5, 0.6) is 5.75 Å². The van der Waals surface area contributed by atoms with E-state index in [1.54, 1.807) is 7.11 Å². The van der Waals surface area contributed by atoms with Crippen molar-refractivity contribution in [2.45, 2.75) is 31.2 Å². The van der Waals surface area contributed by atoms with Crippen molar-refractivity contribution < 1.29 is 19.0 Å². The first-order valence-electron chi connectivity index (χ1n) is 11.1. The van der Waals surface area contributed by atoms with Crippen molar-refractivity contribution in [3.63, 3.8) is 0 Å². The molecule has 1 atom stereocenters. The number of nitrogens with one attached hydrogen (secondary N) is 1. The molecule has 0 bridgehead atoms. The molecular weight excluding hydrogens is 392 g/mol. The maximum atomic E-state index is 13.6. The Labute approximate surface area is 184 Å². The third-order valence-corrected chi connectivity index (χ3v) is 6.54. The summed E-state index contributed by atoms with van der Waals surface area (Å²) in [7, 11) is 1.65. The minimum Gasteiger partial charge on any atom is -0.497 e. The highest BCUT2D eigenvalue weighted by Crippen LogP contribution is 2.36. The minimum absolute atomic E-state index is 0.0609. The summed E-state index contributed by atoms with van der Waals surface area (Å²) in [5.41, 5.74) is 2.74. The van der Waals surface area contributed by atoms with Crippen molar-refractivity contribution in [3.05, 3.63) is 59.7 Å². The number of hydrogen-bond acceptors (Lipinski definition) is 5. The summed E-state index contributed by atoms with van der Waals surface area (Å²) >= 11 is 0. The maximum Gasteiger partial charge on any atom is 0.231 e. The minimum atomic E-state index is -0.577. The number of hydrogen-bond donors (Lipinski definition) is 1. The fourth-order valence-corrected chi connectivity index (χ4v) is 4.49. The van der Waals surface area contributed by atoms with Crippen LogP contribution in [-0.4, -0.2) is 52.5 Å². The quantitative estimate of drug-likeness (QED) is 0.770. The van der Waals surface area contributed by atoms with E-state index in [1.807, 2.05) is 31.2 Å². The van der Waals surface area contributed by atoms with E-state index in [1.165, 1.54) is 5.69 Å². The topological polar surface area (TPSA) is 60.0 Å². The van der Waals surface area contributed by atoms with Gasteiger partial charge in [-0.2, -0.15) is 0 Å². The molecule has 0 aliphatic carbocycles. The summed E-state index contributed by atoms with van der Waals surface area (Å²) < 4.78 is 16.3. The Morgan fingerprint density at radius 2 is 1.58 bits per heavy atom. The Hall–Kier alpha value is -2.57. The molecule has 2 aliphatic rings. The highest BCUT2D eigenvalue weighted by molar-refractivity contribution is 5.88. The first-order valence-corrected chi connectivity index (χ1v) is 11.1. The van der Waals surface area contributed by atoms with E-state index in [0.717, 1.165) is 43.2 Å². The van der Waals surface area contributed by atoms with Crippen molar-refractivity contribution in [3.8, 4) is 5.75 Å². The first-order chi connectivity index (χ1) is 15.1. The van der Waals surface area contributed by atoms with Gasteiger partial charge in [0.05, 0.1) is 31.8 Å². The average Bonchev–Trinajstić information content (AvgIpc) is 2.85. The van der Waals surface area contributed by atoms with Gasteiger partial charge in [0.1, 0.15) is 5.75 Å². The molecule has 0 unspecified atom stereocenters. The van der Waals surface area contributed by atoms with Gasteiger partial charge in [0.2, 0.25) is 5.91 Å². The molecule has 2 aliphatic heterocycles. The van der Waals surface area contributed by atoms with Crippen LogP contribution in [-0.2, 0) is 19.7 Å². The van der Waals surface area contributed by atoms with Gasteiger partial charge in [-0.05, 0) is 55.2 Å². The van der Waals surface area contributed by atoms with Gasteiger partial charge in [-0.15, -0.1) is 0 Å². The monoisotopic (exact) mass is 424 g/mol. The van der Waals surface area contributed by atoms with E-state index in [9.17, 15) is 4.79 Å². The van der Waals surface area contributed by atoms with Crippen molar-refractivity contribution in [1.82, 2.24) is 5.32 Å². The molecule has 6 heteroatoms. The molecular formula is C25H32N2O4. The lowest BCUT2D eigenvalue weighted by molar-refractivity contribution is -0.131. The summed E-state index contributed by atoms with van der Waals surface area (Å²) in [5.74, 6) is 0.853. The largest absolute Gasteiger partial charge is 0.497 e. The molecule has 2 heterocycles. The number of carbonyl (C=O) groups is 1. The SMILES string of the molecule is COc1ccc(C2(C(=O)N[C@H](C)c3ccc(N4CCOCC4)cc3)CCOCC2)cc1. The lowest BCUT2D eigenvalue weighted by atomic mass is 9.73. The molecule has 2 saturated heterocycles. The van der Waals surface area contributed by atoms with Crippen LogP contribution in [0, 0.1) is 0 Å². The van der Waals surface area contributed by atoms with Gasteiger partial charge in [0, 0.05) is 32.0 Å². The molecule has 1 amide bonds. The molecule has 2 aromatic carbocycles. The van der Waals surface area contributed by atoms with Crippen molar-refractivity contribution in [1.29, 1.82) is 0 Å². The molecule has 31 heavy (non-hydrogen) atoms. The molecule has 166 valence electrons. The van der Waals surface area contributed by atoms with Gasteiger partial charge < -0.3 is 24.4 Å². The molecule has 0 spiro atoms. The Bertz CT molecular complexity index is 854. The molecule has 2 fully saturated rings. The van der Waals surface area contributed by atoms with E-state index < -0.39 is 5.41 Å². The second-order valence-corrected chi connectivity index (χ2v) is 8.31. The Morgan fingerprint density at radius 3 is 2.19 bits per heavy atom. The van der Waals surface area contributed by atoms with E-state index in [2.05, 4.69) is 34.5 Å². The third-order valence-electron chi connectivity index (χ3n) is 6.54. The third kappa shape index (κ3) is 4.70. The van der Waals surface area contributed by atoms with Gasteiger partial charge in [0.25, 0.3) is 0 Å². The lowest BCUT2D eigenvalue weighted by Gasteiger charge is -2.37. The second kappa shape index (κ2) is 9.71.